The van der Waals surface area contributed by atoms with Gasteiger partial charge in [-0.2, -0.15) is 0 Å². The molecule has 272 valence electrons. The third-order valence-electron chi connectivity index (χ3n) is 17.0. The molecule has 1 aliphatic heterocycles. The Balaban J connectivity index is 1.16. The molecule has 7 rings (SSSR count). The minimum atomic E-state index is -1.25. The van der Waals surface area contributed by atoms with Gasteiger partial charge >= 0.3 is 12.1 Å². The van der Waals surface area contributed by atoms with Gasteiger partial charge in [-0.05, 0) is 146 Å². The van der Waals surface area contributed by atoms with Crippen LogP contribution in [0.2, 0.25) is 0 Å². The molecule has 7 aliphatic rings. The molecule has 0 spiro atoms. The van der Waals surface area contributed by atoms with Crippen LogP contribution in [0.1, 0.15) is 119 Å². The molecular formula is C42H63FN2O4. The normalized spacial score (nSPS) is 45.7. The first kappa shape index (κ1) is 35.3. The smallest absolute Gasteiger partial charge is 0.409 e. The van der Waals surface area contributed by atoms with Crippen molar-refractivity contribution >= 4 is 12.1 Å². The Morgan fingerprint density at radius 1 is 1.00 bits per heavy atom. The summed E-state index contributed by atoms with van der Waals surface area (Å²) in [5.74, 6) is 1.98. The maximum atomic E-state index is 14.0. The van der Waals surface area contributed by atoms with Crippen LogP contribution in [-0.4, -0.2) is 60.5 Å². The number of aliphatic carboxylic acids is 1. The highest BCUT2D eigenvalue weighted by Crippen LogP contribution is 2.76. The number of carbonyl (C=O) groups excluding carboxylic acids is 1. The Hall–Kier alpha value is -2.15. The molecule has 0 aromatic carbocycles. The number of ether oxygens (including phenoxy) is 1. The predicted octanol–water partition coefficient (Wildman–Crippen LogP) is 9.13. The molecule has 2 N–H and O–H groups in total. The molecule has 1 amide bonds. The van der Waals surface area contributed by atoms with Crippen molar-refractivity contribution in [3.05, 3.63) is 35.5 Å². The molecule has 10 unspecified atom stereocenters. The van der Waals surface area contributed by atoms with Crippen molar-refractivity contribution in [1.82, 2.24) is 10.2 Å². The number of alkyl halides is 1. The number of cyclic esters (lactones) is 1. The van der Waals surface area contributed by atoms with Crippen LogP contribution in [-0.2, 0) is 9.53 Å². The molecule has 4 saturated carbocycles. The molecular weight excluding hydrogens is 615 g/mol. The van der Waals surface area contributed by atoms with Crippen LogP contribution in [0.5, 0.6) is 0 Å². The van der Waals surface area contributed by atoms with E-state index < -0.39 is 18.1 Å². The maximum Gasteiger partial charge on any atom is 0.409 e. The molecule has 0 bridgehead atoms. The van der Waals surface area contributed by atoms with Crippen molar-refractivity contribution < 1.29 is 23.8 Å². The highest BCUT2D eigenvalue weighted by Gasteiger charge is 2.70. The Bertz CT molecular complexity index is 1450. The molecule has 5 fully saturated rings. The fraction of sp³-hybridized carbons (Fsp3) is 0.810. The number of hydrogen-bond donors (Lipinski definition) is 2. The highest BCUT2D eigenvalue weighted by atomic mass is 19.1. The van der Waals surface area contributed by atoms with Crippen LogP contribution in [0.4, 0.5) is 9.18 Å². The zero-order valence-electron chi connectivity index (χ0n) is 31.3. The number of carboxylic acids is 1. The molecule has 0 aromatic heterocycles. The molecule has 6 aliphatic carbocycles. The number of fused-ring (bicyclic) bond motifs is 7. The summed E-state index contributed by atoms with van der Waals surface area (Å²) in [5, 5.41) is 13.9. The Labute approximate surface area is 294 Å². The van der Waals surface area contributed by atoms with E-state index in [1.807, 2.05) is 4.90 Å². The standard InChI is InChI=1S/C42H63FN2O4/c1-27(2)29-12-19-42(44-22-23-45-24-25-49-36(45)48)21-20-39(6)31(34(29)42)8-9-33-38(5)15-13-30(37(3,4)32(38)14-16-40(33,39)7)28-10-17-41(26-43,18-11-28)35(46)47/h10,13,29,31-34,44H,1,8-9,11-12,14-26H2,2-7H3,(H,46,47). The zero-order valence-corrected chi connectivity index (χ0v) is 31.3. The first-order chi connectivity index (χ1) is 23.1. The van der Waals surface area contributed by atoms with Crippen molar-refractivity contribution in [3.63, 3.8) is 0 Å². The zero-order chi connectivity index (χ0) is 35.2. The molecule has 49 heavy (non-hydrogen) atoms. The summed E-state index contributed by atoms with van der Waals surface area (Å²) in [7, 11) is 0. The second kappa shape index (κ2) is 12.0. The molecule has 0 radical (unpaired) electrons. The van der Waals surface area contributed by atoms with E-state index in [9.17, 15) is 19.1 Å². The fourth-order valence-electron chi connectivity index (χ4n) is 14.2. The van der Waals surface area contributed by atoms with Crippen LogP contribution in [0.25, 0.3) is 0 Å². The minimum absolute atomic E-state index is 0.0131. The van der Waals surface area contributed by atoms with Gasteiger partial charge in [0.15, 0.2) is 0 Å². The van der Waals surface area contributed by atoms with Crippen LogP contribution in [0, 0.1) is 56.7 Å². The number of allylic oxidation sites excluding steroid dienone is 5. The third-order valence-corrected chi connectivity index (χ3v) is 17.0. The average molecular weight is 679 g/mol. The number of amides is 1. The maximum absolute atomic E-state index is 14.0. The Morgan fingerprint density at radius 2 is 1.78 bits per heavy atom. The second-order valence-corrected chi connectivity index (χ2v) is 19.1. The van der Waals surface area contributed by atoms with Crippen molar-refractivity contribution in [3.8, 4) is 0 Å². The van der Waals surface area contributed by atoms with Crippen molar-refractivity contribution in [2.75, 3.05) is 32.9 Å². The van der Waals surface area contributed by atoms with Crippen molar-refractivity contribution in [2.24, 2.45) is 56.7 Å². The van der Waals surface area contributed by atoms with Gasteiger partial charge in [0, 0.05) is 18.6 Å². The molecule has 1 heterocycles. The molecule has 1 saturated heterocycles. The molecule has 7 heteroatoms. The fourth-order valence-corrected chi connectivity index (χ4v) is 14.2. The summed E-state index contributed by atoms with van der Waals surface area (Å²) in [4.78, 5) is 26.0. The van der Waals surface area contributed by atoms with E-state index in [0.29, 0.717) is 62.1 Å². The van der Waals surface area contributed by atoms with Gasteiger partial charge in [-0.25, -0.2) is 9.18 Å². The largest absolute Gasteiger partial charge is 0.481 e. The lowest BCUT2D eigenvalue weighted by molar-refractivity contribution is -0.221. The van der Waals surface area contributed by atoms with Gasteiger partial charge in [0.05, 0.1) is 12.0 Å². The van der Waals surface area contributed by atoms with Gasteiger partial charge in [-0.15, -0.1) is 0 Å². The summed E-state index contributed by atoms with van der Waals surface area (Å²) < 4.78 is 19.2. The SMILES string of the molecule is C=C(C)C1CCC2(NCCN3CCOC3=O)CCC3(C)C(CCC4C5(C)CC=C(C6=CCC(CF)(C(=O)O)CC6)C(C)(C)C5CCC43C)C12. The lowest BCUT2D eigenvalue weighted by atomic mass is 9.33. The van der Waals surface area contributed by atoms with E-state index in [2.05, 4.69) is 65.6 Å². The number of carbonyl (C=O) groups is 2. The lowest BCUT2D eigenvalue weighted by Gasteiger charge is -2.72. The van der Waals surface area contributed by atoms with Gasteiger partial charge < -0.3 is 20.1 Å². The molecule has 10 atom stereocenters. The van der Waals surface area contributed by atoms with E-state index in [1.165, 1.54) is 68.1 Å². The first-order valence-electron chi connectivity index (χ1n) is 19.6. The van der Waals surface area contributed by atoms with Gasteiger partial charge in [-0.1, -0.05) is 58.9 Å². The van der Waals surface area contributed by atoms with Crippen LogP contribution in [0.15, 0.2) is 35.5 Å². The van der Waals surface area contributed by atoms with Crippen LogP contribution < -0.4 is 5.32 Å². The van der Waals surface area contributed by atoms with Gasteiger partial charge in [0.2, 0.25) is 0 Å². The van der Waals surface area contributed by atoms with E-state index in [1.54, 1.807) is 0 Å². The van der Waals surface area contributed by atoms with E-state index in [0.717, 1.165) is 13.0 Å². The average Bonchev–Trinajstić information content (AvgIpc) is 3.65. The number of hydrogen-bond acceptors (Lipinski definition) is 4. The monoisotopic (exact) mass is 678 g/mol. The Morgan fingerprint density at radius 3 is 2.41 bits per heavy atom. The number of rotatable bonds is 8. The number of carboxylic acid groups (broad SMARTS) is 1. The summed E-state index contributed by atoms with van der Waals surface area (Å²) in [6, 6.07) is 0. The van der Waals surface area contributed by atoms with Crippen molar-refractivity contribution in [2.45, 2.75) is 124 Å². The van der Waals surface area contributed by atoms with Gasteiger partial charge in [0.25, 0.3) is 0 Å². The van der Waals surface area contributed by atoms with E-state index in [-0.39, 0.29) is 39.7 Å². The number of nitrogens with one attached hydrogen (secondary N) is 1. The second-order valence-electron chi connectivity index (χ2n) is 19.1. The molecule has 6 nitrogen and oxygen atoms in total. The van der Waals surface area contributed by atoms with Crippen molar-refractivity contribution in [1.29, 1.82) is 0 Å². The summed E-state index contributed by atoms with van der Waals surface area (Å²) in [6.07, 6.45) is 16.7. The third kappa shape index (κ3) is 5.00. The quantitative estimate of drug-likeness (QED) is 0.251. The minimum Gasteiger partial charge on any atom is -0.481 e. The molecule has 0 aromatic rings. The summed E-state index contributed by atoms with van der Waals surface area (Å²) in [6.45, 7) is 21.7. The topological polar surface area (TPSA) is 78.9 Å². The first-order valence-corrected chi connectivity index (χ1v) is 19.6. The van der Waals surface area contributed by atoms with E-state index in [4.69, 9.17) is 4.74 Å². The lowest BCUT2D eigenvalue weighted by Crippen LogP contribution is -2.68. The summed E-state index contributed by atoms with van der Waals surface area (Å²) in [5.41, 5.74) is 3.57. The van der Waals surface area contributed by atoms with Crippen LogP contribution >= 0.6 is 0 Å². The summed E-state index contributed by atoms with van der Waals surface area (Å²) >= 11 is 0. The number of nitrogens with zero attached hydrogens (tertiary/aromatic N) is 1. The predicted molar refractivity (Wildman–Crippen MR) is 192 cm³/mol. The van der Waals surface area contributed by atoms with Gasteiger partial charge in [0.1, 0.15) is 13.3 Å². The van der Waals surface area contributed by atoms with Crippen LogP contribution in [0.3, 0.4) is 0 Å². The Kier molecular flexibility index (Phi) is 8.60. The number of halogens is 1. The van der Waals surface area contributed by atoms with Gasteiger partial charge in [-0.3, -0.25) is 4.79 Å². The highest BCUT2D eigenvalue weighted by molar-refractivity contribution is 5.75. The van der Waals surface area contributed by atoms with E-state index >= 15 is 0 Å².